The van der Waals surface area contributed by atoms with Gasteiger partial charge in [0.05, 0.1) is 53.0 Å². The minimum Gasteiger partial charge on any atom is -0.494 e. The van der Waals surface area contributed by atoms with Crippen LogP contribution >= 0.6 is 7.60 Å². The summed E-state index contributed by atoms with van der Waals surface area (Å²) in [5.41, 5.74) is 1.77. The highest BCUT2D eigenvalue weighted by Crippen LogP contribution is 2.50. The van der Waals surface area contributed by atoms with Gasteiger partial charge in [0.1, 0.15) is 11.5 Å². The fraction of sp³-hybridized carbons (Fsp3) is 0.379. The summed E-state index contributed by atoms with van der Waals surface area (Å²) in [4.78, 5) is 11.6. The highest BCUT2D eigenvalue weighted by atomic mass is 32.2. The van der Waals surface area contributed by atoms with Crippen LogP contribution in [0.1, 0.15) is 44.2 Å². The zero-order valence-corrected chi connectivity index (χ0v) is 24.2. The summed E-state index contributed by atoms with van der Waals surface area (Å²) in [5, 5.41) is 0. The summed E-state index contributed by atoms with van der Waals surface area (Å²) < 4.78 is 60.6. The maximum absolute atomic E-state index is 13.6. The van der Waals surface area contributed by atoms with E-state index in [0.29, 0.717) is 31.6 Å². The number of ketones is 1. The predicted octanol–water partition coefficient (Wildman–Crippen LogP) is 6.14. The molecule has 0 amide bonds. The Morgan fingerprint density at radius 1 is 0.949 bits per heavy atom. The molecule has 1 N–H and O–H groups in total. The van der Waals surface area contributed by atoms with Crippen molar-refractivity contribution in [3.8, 4) is 0 Å². The molecule has 0 radical (unpaired) electrons. The van der Waals surface area contributed by atoms with Gasteiger partial charge < -0.3 is 23.1 Å². The van der Waals surface area contributed by atoms with Gasteiger partial charge in [-0.05, 0) is 37.0 Å². The highest BCUT2D eigenvalue weighted by molar-refractivity contribution is 7.98. The van der Waals surface area contributed by atoms with Crippen LogP contribution in [-0.2, 0) is 50.9 Å². The lowest BCUT2D eigenvalue weighted by Gasteiger charge is -2.22. The van der Waals surface area contributed by atoms with Crippen LogP contribution < -0.4 is 0 Å². The van der Waals surface area contributed by atoms with Gasteiger partial charge in [-0.2, -0.15) is 0 Å². The van der Waals surface area contributed by atoms with Crippen LogP contribution in [-0.4, -0.2) is 44.5 Å². The van der Waals surface area contributed by atoms with E-state index in [4.69, 9.17) is 18.5 Å². The lowest BCUT2D eigenvalue weighted by atomic mass is 10.1. The predicted molar refractivity (Wildman–Crippen MR) is 154 cm³/mol. The number of rotatable bonds is 16. The van der Waals surface area contributed by atoms with Gasteiger partial charge in [-0.3, -0.25) is 9.36 Å². The van der Waals surface area contributed by atoms with E-state index in [2.05, 4.69) is 0 Å². The van der Waals surface area contributed by atoms with Crippen LogP contribution in [0.4, 0.5) is 0 Å². The van der Waals surface area contributed by atoms with Gasteiger partial charge in [-0.1, -0.05) is 73.7 Å². The average molecular weight is 577 g/mol. The van der Waals surface area contributed by atoms with Gasteiger partial charge in [-0.25, -0.2) is 4.21 Å². The van der Waals surface area contributed by atoms with Crippen LogP contribution in [0.5, 0.6) is 0 Å². The molecule has 0 heterocycles. The second kappa shape index (κ2) is 15.2. The molecular formula is C29H37O8PS. The SMILES string of the molecule is CCCOC1=C(OCCCP(=O)(OCc2ccccc2)OCc2ccccc2)CC=CC1=S(=O)(O)CC(C)=O. The number of Topliss-reactive ketones (excluding diaryl/α,β-unsaturated/α-hetero) is 1. The zero-order valence-electron chi connectivity index (χ0n) is 22.5. The molecule has 0 spiro atoms. The van der Waals surface area contributed by atoms with Crippen molar-refractivity contribution in [2.75, 3.05) is 25.1 Å². The van der Waals surface area contributed by atoms with Crippen LogP contribution in [0.2, 0.25) is 0 Å². The van der Waals surface area contributed by atoms with E-state index in [1.54, 1.807) is 6.08 Å². The molecule has 10 heteroatoms. The van der Waals surface area contributed by atoms with Crippen molar-refractivity contribution < 1.29 is 36.6 Å². The van der Waals surface area contributed by atoms with Crippen molar-refractivity contribution >= 4 is 28.0 Å². The Bertz CT molecular complexity index is 1260. The lowest BCUT2D eigenvalue weighted by molar-refractivity contribution is -0.114. The average Bonchev–Trinajstić information content (AvgIpc) is 2.93. The molecular weight excluding hydrogens is 539 g/mol. The van der Waals surface area contributed by atoms with Crippen molar-refractivity contribution in [2.24, 2.45) is 0 Å². The fourth-order valence-electron chi connectivity index (χ4n) is 3.78. The molecule has 0 bridgehead atoms. The molecule has 0 saturated carbocycles. The smallest absolute Gasteiger partial charge is 0.331 e. The van der Waals surface area contributed by atoms with Gasteiger partial charge in [0.15, 0.2) is 5.76 Å². The molecule has 2 aromatic carbocycles. The second-order valence-corrected chi connectivity index (χ2v) is 13.3. The third-order valence-corrected chi connectivity index (χ3v) is 9.35. The van der Waals surface area contributed by atoms with Crippen LogP contribution in [0, 0.1) is 0 Å². The number of hydrogen-bond acceptors (Lipinski definition) is 7. The summed E-state index contributed by atoms with van der Waals surface area (Å²) in [6.45, 7) is 3.99. The quantitative estimate of drug-likeness (QED) is 0.144. The normalized spacial score (nSPS) is 15.2. The molecule has 8 nitrogen and oxygen atoms in total. The van der Waals surface area contributed by atoms with E-state index in [0.717, 1.165) is 11.1 Å². The molecule has 1 aliphatic carbocycles. The Labute approximate surface area is 231 Å². The Morgan fingerprint density at radius 3 is 2.08 bits per heavy atom. The van der Waals surface area contributed by atoms with Crippen molar-refractivity contribution in [1.82, 2.24) is 0 Å². The first-order chi connectivity index (χ1) is 18.7. The molecule has 39 heavy (non-hydrogen) atoms. The second-order valence-electron chi connectivity index (χ2n) is 9.11. The Kier molecular flexibility index (Phi) is 12.0. The minimum atomic E-state index is -3.63. The number of ether oxygens (including phenoxy) is 2. The van der Waals surface area contributed by atoms with Crippen molar-refractivity contribution in [3.63, 3.8) is 0 Å². The van der Waals surface area contributed by atoms with E-state index in [9.17, 15) is 18.1 Å². The topological polar surface area (TPSA) is 108 Å². The molecule has 0 aromatic heterocycles. The first-order valence-electron chi connectivity index (χ1n) is 12.9. The molecule has 3 rings (SSSR count). The molecule has 2 aromatic rings. The standard InChI is InChI=1S/C29H37O8PS/c1-3-18-35-29-27(16-10-17-28(29)39(32,33)23-24(2)30)34-19-11-20-38(31,36-21-25-12-6-4-7-13-25)37-22-26-14-8-5-9-15-26/h4-10,12-15,17H,3,11,16,18-23H2,1-2H3,(H,32,33). The summed E-state index contributed by atoms with van der Waals surface area (Å²) in [6.07, 6.45) is 4.76. The fourth-order valence-corrected chi connectivity index (χ4v) is 6.80. The van der Waals surface area contributed by atoms with Crippen molar-refractivity contribution in [3.05, 3.63) is 95.5 Å². The maximum atomic E-state index is 13.6. The summed E-state index contributed by atoms with van der Waals surface area (Å²) in [5.74, 6) is -0.305. The van der Waals surface area contributed by atoms with E-state index < -0.39 is 28.9 Å². The molecule has 1 unspecified atom stereocenters. The van der Waals surface area contributed by atoms with Crippen LogP contribution in [0.15, 0.2) is 84.3 Å². The molecule has 0 saturated heterocycles. The number of hydrogen-bond donors (Lipinski definition) is 1. The number of benzene rings is 2. The third kappa shape index (κ3) is 10.1. The summed E-state index contributed by atoms with van der Waals surface area (Å²) >= 11 is 0. The molecule has 1 aliphatic rings. The van der Waals surface area contributed by atoms with Crippen LogP contribution in [0.3, 0.4) is 0 Å². The summed E-state index contributed by atoms with van der Waals surface area (Å²) in [6, 6.07) is 18.9. The summed E-state index contributed by atoms with van der Waals surface area (Å²) in [7, 11) is -7.11. The number of carbonyl (C=O) groups is 1. The third-order valence-electron chi connectivity index (χ3n) is 5.64. The molecule has 1 atom stereocenters. The van der Waals surface area contributed by atoms with Gasteiger partial charge in [0.25, 0.3) is 0 Å². The van der Waals surface area contributed by atoms with Gasteiger partial charge in [0, 0.05) is 6.42 Å². The van der Waals surface area contributed by atoms with Gasteiger partial charge in [-0.15, -0.1) is 0 Å². The highest BCUT2D eigenvalue weighted by Gasteiger charge is 2.27. The first kappa shape index (κ1) is 30.9. The number of carbonyl (C=O) groups excluding carboxylic acids is 1. The molecule has 0 fully saturated rings. The maximum Gasteiger partial charge on any atom is 0.331 e. The lowest BCUT2D eigenvalue weighted by Crippen LogP contribution is -2.25. The van der Waals surface area contributed by atoms with Crippen molar-refractivity contribution in [2.45, 2.75) is 46.3 Å². The van der Waals surface area contributed by atoms with Gasteiger partial charge >= 0.3 is 7.60 Å². The molecule has 0 aliphatic heterocycles. The van der Waals surface area contributed by atoms with E-state index in [-0.39, 0.29) is 36.6 Å². The van der Waals surface area contributed by atoms with Gasteiger partial charge in [0.2, 0.25) is 0 Å². The monoisotopic (exact) mass is 576 g/mol. The Hall–Kier alpha value is -2.68. The Balaban J connectivity index is 1.70. The van der Waals surface area contributed by atoms with E-state index in [1.807, 2.05) is 67.6 Å². The van der Waals surface area contributed by atoms with E-state index >= 15 is 0 Å². The first-order valence-corrected chi connectivity index (χ1v) is 16.4. The zero-order chi connectivity index (χ0) is 28.1. The van der Waals surface area contributed by atoms with Crippen LogP contribution in [0.25, 0.3) is 0 Å². The van der Waals surface area contributed by atoms with E-state index in [1.165, 1.54) is 13.0 Å². The Morgan fingerprint density at radius 2 is 1.54 bits per heavy atom. The van der Waals surface area contributed by atoms with Crippen molar-refractivity contribution in [1.29, 1.82) is 0 Å². The molecule has 212 valence electrons. The number of allylic oxidation sites excluding steroid dienone is 2. The largest absolute Gasteiger partial charge is 0.494 e. The minimum absolute atomic E-state index is 0.0514.